The van der Waals surface area contributed by atoms with Crippen molar-refractivity contribution in [2.75, 3.05) is 18.5 Å². The Kier molecular flexibility index (Phi) is 6.08. The third kappa shape index (κ3) is 4.06. The SMILES string of the molecule is CCOC(=O)c1nnc2cc(OCC)c(Br)cc2c1Nc1cc(C)ccc1F. The van der Waals surface area contributed by atoms with Crippen molar-refractivity contribution in [3.63, 3.8) is 0 Å². The van der Waals surface area contributed by atoms with Gasteiger partial charge in [0.15, 0.2) is 5.69 Å². The highest BCUT2D eigenvalue weighted by Gasteiger charge is 2.21. The maximum atomic E-state index is 14.3. The molecule has 3 rings (SSSR count). The first-order valence-corrected chi connectivity index (χ1v) is 9.56. The summed E-state index contributed by atoms with van der Waals surface area (Å²) in [5, 5.41) is 11.7. The number of ether oxygens (including phenoxy) is 2. The van der Waals surface area contributed by atoms with E-state index in [9.17, 15) is 9.18 Å². The van der Waals surface area contributed by atoms with E-state index in [1.54, 1.807) is 31.2 Å². The van der Waals surface area contributed by atoms with Crippen LogP contribution in [0, 0.1) is 12.7 Å². The summed E-state index contributed by atoms with van der Waals surface area (Å²) in [4.78, 5) is 12.4. The Morgan fingerprint density at radius 2 is 1.96 bits per heavy atom. The normalized spacial score (nSPS) is 10.8. The predicted octanol–water partition coefficient (Wildman–Crippen LogP) is 5.16. The molecule has 0 aliphatic rings. The molecule has 0 radical (unpaired) electrons. The van der Waals surface area contributed by atoms with E-state index >= 15 is 0 Å². The molecule has 0 unspecified atom stereocenters. The number of aromatic nitrogens is 2. The number of benzene rings is 2. The Hall–Kier alpha value is -2.74. The molecule has 0 spiro atoms. The molecular formula is C20H19BrFN3O3. The molecule has 0 bridgehead atoms. The van der Waals surface area contributed by atoms with Gasteiger partial charge in [-0.15, -0.1) is 10.2 Å². The maximum Gasteiger partial charge on any atom is 0.361 e. The van der Waals surface area contributed by atoms with Crippen molar-refractivity contribution in [3.8, 4) is 5.75 Å². The van der Waals surface area contributed by atoms with Gasteiger partial charge in [0.2, 0.25) is 0 Å². The van der Waals surface area contributed by atoms with Crippen LogP contribution in [-0.4, -0.2) is 29.4 Å². The van der Waals surface area contributed by atoms with E-state index in [-0.39, 0.29) is 18.0 Å². The second kappa shape index (κ2) is 8.52. The van der Waals surface area contributed by atoms with Crippen molar-refractivity contribution in [1.82, 2.24) is 10.2 Å². The molecule has 0 fully saturated rings. The number of halogens is 2. The summed E-state index contributed by atoms with van der Waals surface area (Å²) in [6, 6.07) is 8.15. The van der Waals surface area contributed by atoms with Crippen molar-refractivity contribution >= 4 is 44.2 Å². The molecule has 146 valence electrons. The second-order valence-electron chi connectivity index (χ2n) is 5.99. The van der Waals surface area contributed by atoms with E-state index in [1.165, 1.54) is 6.07 Å². The molecule has 3 aromatic rings. The molecule has 28 heavy (non-hydrogen) atoms. The fourth-order valence-electron chi connectivity index (χ4n) is 2.71. The van der Waals surface area contributed by atoms with Gasteiger partial charge in [-0.2, -0.15) is 0 Å². The first kappa shape index (κ1) is 20.0. The molecule has 1 N–H and O–H groups in total. The van der Waals surface area contributed by atoms with Gasteiger partial charge >= 0.3 is 5.97 Å². The molecule has 6 nitrogen and oxygen atoms in total. The monoisotopic (exact) mass is 447 g/mol. The predicted molar refractivity (Wildman–Crippen MR) is 109 cm³/mol. The zero-order chi connectivity index (χ0) is 20.3. The Balaban J connectivity index is 2.22. The molecule has 0 saturated carbocycles. The Morgan fingerprint density at radius 1 is 1.18 bits per heavy atom. The number of hydrogen-bond donors (Lipinski definition) is 1. The van der Waals surface area contributed by atoms with Crippen molar-refractivity contribution in [3.05, 3.63) is 51.9 Å². The Morgan fingerprint density at radius 3 is 2.68 bits per heavy atom. The molecular weight excluding hydrogens is 429 g/mol. The van der Waals surface area contributed by atoms with Crippen LogP contribution in [0.5, 0.6) is 5.75 Å². The average molecular weight is 448 g/mol. The molecule has 0 atom stereocenters. The number of fused-ring (bicyclic) bond motifs is 1. The van der Waals surface area contributed by atoms with Crippen LogP contribution < -0.4 is 10.1 Å². The van der Waals surface area contributed by atoms with E-state index in [4.69, 9.17) is 9.47 Å². The van der Waals surface area contributed by atoms with Crippen molar-refractivity contribution in [2.45, 2.75) is 20.8 Å². The fourth-order valence-corrected chi connectivity index (χ4v) is 3.17. The summed E-state index contributed by atoms with van der Waals surface area (Å²) in [6.07, 6.45) is 0. The summed E-state index contributed by atoms with van der Waals surface area (Å²) in [5.41, 5.74) is 1.89. The fraction of sp³-hybridized carbons (Fsp3) is 0.250. The quantitative estimate of drug-likeness (QED) is 0.526. The van der Waals surface area contributed by atoms with Crippen LogP contribution in [0.4, 0.5) is 15.8 Å². The minimum Gasteiger partial charge on any atom is -0.493 e. The molecule has 0 saturated heterocycles. The zero-order valence-electron chi connectivity index (χ0n) is 15.7. The molecule has 1 heterocycles. The first-order valence-electron chi connectivity index (χ1n) is 8.77. The summed E-state index contributed by atoms with van der Waals surface area (Å²) >= 11 is 3.47. The lowest BCUT2D eigenvalue weighted by molar-refractivity contribution is 0.0519. The number of aryl methyl sites for hydroxylation is 1. The number of carbonyl (C=O) groups is 1. The van der Waals surface area contributed by atoms with E-state index in [0.29, 0.717) is 33.4 Å². The Bertz CT molecular complexity index is 1040. The third-order valence-corrected chi connectivity index (χ3v) is 4.58. The topological polar surface area (TPSA) is 73.3 Å². The smallest absolute Gasteiger partial charge is 0.361 e. The molecule has 0 aliphatic carbocycles. The molecule has 1 aromatic heterocycles. The first-order chi connectivity index (χ1) is 13.4. The average Bonchev–Trinajstić information content (AvgIpc) is 2.66. The van der Waals surface area contributed by atoms with E-state index in [2.05, 4.69) is 31.4 Å². The maximum absolute atomic E-state index is 14.3. The van der Waals surface area contributed by atoms with Gasteiger partial charge in [-0.1, -0.05) is 6.07 Å². The van der Waals surface area contributed by atoms with Crippen LogP contribution in [0.25, 0.3) is 10.9 Å². The Labute approximate surface area is 170 Å². The summed E-state index contributed by atoms with van der Waals surface area (Å²) in [5.74, 6) is -0.492. The summed E-state index contributed by atoms with van der Waals surface area (Å²) < 4.78 is 25.7. The lowest BCUT2D eigenvalue weighted by Gasteiger charge is -2.15. The number of hydrogen-bond acceptors (Lipinski definition) is 6. The van der Waals surface area contributed by atoms with Gasteiger partial charge in [0.25, 0.3) is 0 Å². The molecule has 8 heteroatoms. The van der Waals surface area contributed by atoms with Crippen LogP contribution in [0.3, 0.4) is 0 Å². The van der Waals surface area contributed by atoms with Crippen molar-refractivity contribution in [2.24, 2.45) is 0 Å². The van der Waals surface area contributed by atoms with Gasteiger partial charge < -0.3 is 14.8 Å². The van der Waals surface area contributed by atoms with Gasteiger partial charge in [0.1, 0.15) is 11.6 Å². The van der Waals surface area contributed by atoms with Gasteiger partial charge in [-0.25, -0.2) is 9.18 Å². The van der Waals surface area contributed by atoms with E-state index in [1.807, 2.05) is 13.8 Å². The number of rotatable bonds is 6. The minimum atomic E-state index is -0.641. The van der Waals surface area contributed by atoms with Crippen LogP contribution in [-0.2, 0) is 4.74 Å². The standard InChI is InChI=1S/C20H19BrFN3O3/c1-4-27-17-10-15-12(9-13(17)21)18(19(25-24-15)20(26)28-5-2)23-16-8-11(3)6-7-14(16)22/h6-10H,4-5H2,1-3H3,(H,23,24). The minimum absolute atomic E-state index is 0.0219. The molecule has 0 aliphatic heterocycles. The molecule has 2 aromatic carbocycles. The van der Waals surface area contributed by atoms with Crippen molar-refractivity contribution in [1.29, 1.82) is 0 Å². The van der Waals surface area contributed by atoms with Gasteiger partial charge in [0, 0.05) is 11.5 Å². The van der Waals surface area contributed by atoms with Crippen LogP contribution >= 0.6 is 15.9 Å². The van der Waals surface area contributed by atoms with E-state index < -0.39 is 11.8 Å². The highest BCUT2D eigenvalue weighted by Crippen LogP contribution is 2.36. The highest BCUT2D eigenvalue weighted by atomic mass is 79.9. The van der Waals surface area contributed by atoms with Crippen LogP contribution in [0.2, 0.25) is 0 Å². The second-order valence-corrected chi connectivity index (χ2v) is 6.84. The lowest BCUT2D eigenvalue weighted by atomic mass is 10.1. The van der Waals surface area contributed by atoms with Gasteiger partial charge in [0.05, 0.1) is 34.6 Å². The number of esters is 1. The lowest BCUT2D eigenvalue weighted by Crippen LogP contribution is -2.12. The summed E-state index contributed by atoms with van der Waals surface area (Å²) in [6.45, 7) is 6.09. The van der Waals surface area contributed by atoms with Crippen LogP contribution in [0.15, 0.2) is 34.8 Å². The van der Waals surface area contributed by atoms with E-state index in [0.717, 1.165) is 5.56 Å². The number of carbonyl (C=O) groups excluding carboxylic acids is 1. The number of nitrogens with one attached hydrogen (secondary N) is 1. The summed E-state index contributed by atoms with van der Waals surface area (Å²) in [7, 11) is 0. The molecule has 0 amide bonds. The number of nitrogens with zero attached hydrogens (tertiary/aromatic N) is 2. The van der Waals surface area contributed by atoms with Crippen molar-refractivity contribution < 1.29 is 18.7 Å². The largest absolute Gasteiger partial charge is 0.493 e. The third-order valence-electron chi connectivity index (χ3n) is 3.96. The highest BCUT2D eigenvalue weighted by molar-refractivity contribution is 9.10. The zero-order valence-corrected chi connectivity index (χ0v) is 17.3. The number of anilines is 2. The van der Waals surface area contributed by atoms with Crippen LogP contribution in [0.1, 0.15) is 29.9 Å². The van der Waals surface area contributed by atoms with Gasteiger partial charge in [-0.3, -0.25) is 0 Å². The van der Waals surface area contributed by atoms with Gasteiger partial charge in [-0.05, 0) is 60.5 Å².